The van der Waals surface area contributed by atoms with E-state index < -0.39 is 5.72 Å². The van der Waals surface area contributed by atoms with Crippen LogP contribution in [0.2, 0.25) is 0 Å². The van der Waals surface area contributed by atoms with Crippen LogP contribution in [0.3, 0.4) is 0 Å². The summed E-state index contributed by atoms with van der Waals surface area (Å²) in [5.74, 6) is 0.974. The maximum absolute atomic E-state index is 13.4. The molecule has 2 aromatic carbocycles. The molecule has 0 amide bonds. The van der Waals surface area contributed by atoms with Crippen molar-refractivity contribution in [2.75, 3.05) is 13.7 Å². The highest BCUT2D eigenvalue weighted by Crippen LogP contribution is 2.42. The van der Waals surface area contributed by atoms with Gasteiger partial charge in [-0.15, -0.1) is 0 Å². The standard InChI is InChI=1S/C24H23FN4O3/c1-17-15-28(16-26-17)21-10-4-18(14-22(21)30-2)5-11-23-27-32-24(12-3-13-31-29(23)24)19-6-8-20(25)9-7-19/h4-11,14-16H,3,12-13H2,1-2H3. The second-order valence-electron chi connectivity index (χ2n) is 7.75. The number of aromatic nitrogens is 2. The van der Waals surface area contributed by atoms with Crippen LogP contribution in [0.15, 0.2) is 66.2 Å². The van der Waals surface area contributed by atoms with Gasteiger partial charge in [0.25, 0.3) is 5.72 Å². The van der Waals surface area contributed by atoms with Crippen LogP contribution in [0.5, 0.6) is 5.75 Å². The Labute approximate surface area is 185 Å². The predicted octanol–water partition coefficient (Wildman–Crippen LogP) is 4.57. The Hall–Kier alpha value is -3.65. The highest BCUT2D eigenvalue weighted by atomic mass is 19.1. The van der Waals surface area contributed by atoms with E-state index in [-0.39, 0.29) is 5.82 Å². The molecule has 2 aliphatic rings. The van der Waals surface area contributed by atoms with Crippen LogP contribution in [0.1, 0.15) is 29.7 Å². The van der Waals surface area contributed by atoms with E-state index in [4.69, 9.17) is 14.4 Å². The molecule has 1 aromatic heterocycles. The van der Waals surface area contributed by atoms with Crippen molar-refractivity contribution in [2.45, 2.75) is 25.5 Å². The van der Waals surface area contributed by atoms with Crippen LogP contribution in [-0.2, 0) is 15.4 Å². The van der Waals surface area contributed by atoms with E-state index in [1.165, 1.54) is 12.1 Å². The molecule has 32 heavy (non-hydrogen) atoms. The number of fused-ring (bicyclic) bond motifs is 1. The van der Waals surface area contributed by atoms with Crippen molar-refractivity contribution in [3.05, 3.63) is 83.7 Å². The van der Waals surface area contributed by atoms with Gasteiger partial charge in [-0.2, -0.15) is 5.06 Å². The van der Waals surface area contributed by atoms with Crippen LogP contribution in [0.25, 0.3) is 11.8 Å². The smallest absolute Gasteiger partial charge is 0.259 e. The van der Waals surface area contributed by atoms with Crippen LogP contribution in [0, 0.1) is 12.7 Å². The number of aryl methyl sites for hydroxylation is 1. The van der Waals surface area contributed by atoms with Gasteiger partial charge in [0.1, 0.15) is 11.6 Å². The lowest BCUT2D eigenvalue weighted by Crippen LogP contribution is -2.48. The third kappa shape index (κ3) is 3.52. The Balaban J connectivity index is 1.40. The van der Waals surface area contributed by atoms with Gasteiger partial charge >= 0.3 is 0 Å². The number of halogens is 1. The zero-order valence-electron chi connectivity index (χ0n) is 17.9. The second kappa shape index (κ2) is 8.12. The maximum atomic E-state index is 13.4. The number of amidine groups is 1. The van der Waals surface area contributed by atoms with E-state index in [1.807, 2.05) is 48.0 Å². The first-order valence-corrected chi connectivity index (χ1v) is 10.4. The van der Waals surface area contributed by atoms with Crippen molar-refractivity contribution < 1.29 is 18.8 Å². The highest BCUT2D eigenvalue weighted by molar-refractivity contribution is 5.96. The first-order chi connectivity index (χ1) is 15.6. The number of imidazole rings is 1. The molecule has 0 bridgehead atoms. The summed E-state index contributed by atoms with van der Waals surface area (Å²) in [6.07, 6.45) is 8.97. The molecular formula is C24H23FN4O3. The highest BCUT2D eigenvalue weighted by Gasteiger charge is 2.50. The molecule has 0 N–H and O–H groups in total. The number of oxime groups is 1. The molecule has 1 fully saturated rings. The number of nitrogens with zero attached hydrogens (tertiary/aromatic N) is 4. The number of ether oxygens (including phenoxy) is 1. The van der Waals surface area contributed by atoms with Crippen LogP contribution < -0.4 is 4.74 Å². The largest absolute Gasteiger partial charge is 0.495 e. The number of hydrogen-bond donors (Lipinski definition) is 0. The summed E-state index contributed by atoms with van der Waals surface area (Å²) in [4.78, 5) is 16.1. The molecule has 0 aliphatic carbocycles. The van der Waals surface area contributed by atoms with E-state index in [1.54, 1.807) is 30.6 Å². The fourth-order valence-corrected chi connectivity index (χ4v) is 4.02. The first kappa shape index (κ1) is 20.3. The van der Waals surface area contributed by atoms with E-state index in [0.29, 0.717) is 18.9 Å². The lowest BCUT2D eigenvalue weighted by Gasteiger charge is -2.39. The Morgan fingerprint density at radius 1 is 1.16 bits per heavy atom. The number of methoxy groups -OCH3 is 1. The Kier molecular flexibility index (Phi) is 5.14. The van der Waals surface area contributed by atoms with Gasteiger partial charge in [0, 0.05) is 18.2 Å². The molecule has 164 valence electrons. The second-order valence-corrected chi connectivity index (χ2v) is 7.75. The summed E-state index contributed by atoms with van der Waals surface area (Å²) in [7, 11) is 1.64. The Morgan fingerprint density at radius 3 is 2.75 bits per heavy atom. The zero-order valence-corrected chi connectivity index (χ0v) is 17.9. The molecule has 1 atom stereocenters. The molecular weight excluding hydrogens is 411 g/mol. The maximum Gasteiger partial charge on any atom is 0.259 e. The summed E-state index contributed by atoms with van der Waals surface area (Å²) in [6.45, 7) is 2.51. The SMILES string of the molecule is COc1cc(C=CC2=NOC3(c4ccc(F)cc4)CCCON23)ccc1-n1cnc(C)c1. The van der Waals surface area contributed by atoms with Crippen LogP contribution >= 0.6 is 0 Å². The van der Waals surface area contributed by atoms with Gasteiger partial charge in [0.2, 0.25) is 0 Å². The Morgan fingerprint density at radius 2 is 2.00 bits per heavy atom. The van der Waals surface area contributed by atoms with Crippen molar-refractivity contribution in [1.82, 2.24) is 14.6 Å². The third-order valence-corrected chi connectivity index (χ3v) is 5.62. The molecule has 3 heterocycles. The fourth-order valence-electron chi connectivity index (χ4n) is 4.02. The minimum absolute atomic E-state index is 0.296. The van der Waals surface area contributed by atoms with Gasteiger partial charge in [-0.05, 0) is 61.4 Å². The Bertz CT molecular complexity index is 1190. The monoisotopic (exact) mass is 434 g/mol. The molecule has 0 saturated carbocycles. The predicted molar refractivity (Wildman–Crippen MR) is 118 cm³/mol. The fraction of sp³-hybridized carbons (Fsp3) is 0.250. The minimum atomic E-state index is -0.882. The summed E-state index contributed by atoms with van der Waals surface area (Å²) >= 11 is 0. The lowest BCUT2D eigenvalue weighted by molar-refractivity contribution is -0.280. The van der Waals surface area contributed by atoms with Crippen molar-refractivity contribution >= 4 is 11.9 Å². The van der Waals surface area contributed by atoms with Gasteiger partial charge in [-0.25, -0.2) is 9.37 Å². The molecule has 3 aromatic rings. The summed E-state index contributed by atoms with van der Waals surface area (Å²) in [5, 5.41) is 5.95. The van der Waals surface area contributed by atoms with E-state index in [0.717, 1.165) is 34.7 Å². The summed E-state index contributed by atoms with van der Waals surface area (Å²) in [6, 6.07) is 12.2. The van der Waals surface area contributed by atoms with Crippen molar-refractivity contribution in [3.8, 4) is 11.4 Å². The lowest BCUT2D eigenvalue weighted by atomic mass is 9.96. The van der Waals surface area contributed by atoms with Crippen molar-refractivity contribution in [3.63, 3.8) is 0 Å². The van der Waals surface area contributed by atoms with E-state index >= 15 is 0 Å². The third-order valence-electron chi connectivity index (χ3n) is 5.62. The number of rotatable bonds is 5. The topological polar surface area (TPSA) is 61.1 Å². The minimum Gasteiger partial charge on any atom is -0.495 e. The van der Waals surface area contributed by atoms with Crippen molar-refractivity contribution in [1.29, 1.82) is 0 Å². The van der Waals surface area contributed by atoms with E-state index in [9.17, 15) is 4.39 Å². The van der Waals surface area contributed by atoms with E-state index in [2.05, 4.69) is 10.1 Å². The number of hydroxylamine groups is 2. The van der Waals surface area contributed by atoms with Crippen LogP contribution in [-0.4, -0.2) is 34.2 Å². The molecule has 0 radical (unpaired) electrons. The molecule has 7 nitrogen and oxygen atoms in total. The van der Waals surface area contributed by atoms with Crippen LogP contribution in [0.4, 0.5) is 4.39 Å². The van der Waals surface area contributed by atoms with Gasteiger partial charge in [-0.1, -0.05) is 17.3 Å². The average Bonchev–Trinajstić information content (AvgIpc) is 3.42. The number of benzene rings is 2. The molecule has 0 spiro atoms. The van der Waals surface area contributed by atoms with Gasteiger partial charge in [0.15, 0.2) is 5.84 Å². The molecule has 1 saturated heterocycles. The summed E-state index contributed by atoms with van der Waals surface area (Å²) in [5.41, 5.74) is 2.68. The normalized spacial score (nSPS) is 20.2. The molecule has 2 aliphatic heterocycles. The number of hydrogen-bond acceptors (Lipinski definition) is 6. The molecule has 5 rings (SSSR count). The van der Waals surface area contributed by atoms with Gasteiger partial charge in [0.05, 0.1) is 31.4 Å². The molecule has 8 heteroatoms. The summed E-state index contributed by atoms with van der Waals surface area (Å²) < 4.78 is 21.0. The average molecular weight is 434 g/mol. The van der Waals surface area contributed by atoms with Gasteiger partial charge < -0.3 is 14.1 Å². The first-order valence-electron chi connectivity index (χ1n) is 10.4. The van der Waals surface area contributed by atoms with Gasteiger partial charge in [-0.3, -0.25) is 4.84 Å². The zero-order chi connectivity index (χ0) is 22.1. The van der Waals surface area contributed by atoms with Crippen molar-refractivity contribution in [2.24, 2.45) is 5.16 Å². The molecule has 1 unspecified atom stereocenters. The quantitative estimate of drug-likeness (QED) is 0.589.